The molecule has 1 N–H and O–H groups in total. The predicted molar refractivity (Wildman–Crippen MR) is 88.2 cm³/mol. The highest BCUT2D eigenvalue weighted by molar-refractivity contribution is 6.13. The number of benzene rings is 2. The molecule has 1 aliphatic rings. The van der Waals surface area contributed by atoms with Gasteiger partial charge < -0.3 is 9.47 Å². The molecule has 0 unspecified atom stereocenters. The van der Waals surface area contributed by atoms with Crippen LogP contribution in [0, 0.1) is 0 Å². The van der Waals surface area contributed by atoms with Crippen molar-refractivity contribution in [2.24, 2.45) is 0 Å². The lowest BCUT2D eigenvalue weighted by atomic mass is 9.80. The van der Waals surface area contributed by atoms with Crippen molar-refractivity contribution in [1.29, 1.82) is 0 Å². The second kappa shape index (κ2) is 7.04. The molecule has 0 spiro atoms. The van der Waals surface area contributed by atoms with E-state index in [0.717, 1.165) is 6.42 Å². The molecule has 0 bridgehead atoms. The molecule has 0 aliphatic heterocycles. The molecule has 2 aromatic carbocycles. The highest BCUT2D eigenvalue weighted by Gasteiger charge is 2.49. The molecule has 6 heteroatoms. The molecular weight excluding hydrogens is 324 g/mol. The number of fused-ring (bicyclic) bond motifs is 2. The first-order valence-electron chi connectivity index (χ1n) is 8.06. The van der Waals surface area contributed by atoms with Crippen molar-refractivity contribution < 1.29 is 29.2 Å². The van der Waals surface area contributed by atoms with Crippen LogP contribution in [0.3, 0.4) is 0 Å². The van der Waals surface area contributed by atoms with Gasteiger partial charge in [-0.1, -0.05) is 61.9 Å². The Bertz CT molecular complexity index is 749. The third-order valence-electron chi connectivity index (χ3n) is 4.13. The number of ketones is 1. The lowest BCUT2D eigenvalue weighted by molar-refractivity contribution is -0.383. The molecule has 130 valence electrons. The van der Waals surface area contributed by atoms with E-state index >= 15 is 0 Å². The van der Waals surface area contributed by atoms with Gasteiger partial charge in [-0.25, -0.2) is 10.1 Å². The lowest BCUT2D eigenvalue weighted by Crippen LogP contribution is -2.41. The van der Waals surface area contributed by atoms with Gasteiger partial charge in [-0.3, -0.25) is 4.79 Å². The van der Waals surface area contributed by atoms with Crippen LogP contribution in [-0.2, 0) is 20.1 Å². The van der Waals surface area contributed by atoms with Gasteiger partial charge in [0.05, 0.1) is 6.61 Å². The Morgan fingerprint density at radius 2 is 1.60 bits per heavy atom. The Morgan fingerprint density at radius 3 is 2.12 bits per heavy atom. The van der Waals surface area contributed by atoms with Gasteiger partial charge in [0.25, 0.3) is 0 Å². The third-order valence-corrected chi connectivity index (χ3v) is 4.13. The van der Waals surface area contributed by atoms with Crippen LogP contribution in [-0.4, -0.2) is 23.8 Å². The molecule has 0 saturated carbocycles. The van der Waals surface area contributed by atoms with E-state index in [1.165, 1.54) is 0 Å². The van der Waals surface area contributed by atoms with Gasteiger partial charge in [-0.2, -0.15) is 4.89 Å². The summed E-state index contributed by atoms with van der Waals surface area (Å²) in [5.74, 6) is -2.19. The maximum Gasteiger partial charge on any atom is 0.511 e. The highest BCUT2D eigenvalue weighted by atomic mass is 17.2. The molecule has 0 heterocycles. The molecular formula is C19H18O6. The van der Waals surface area contributed by atoms with Gasteiger partial charge >= 0.3 is 11.9 Å². The predicted octanol–water partition coefficient (Wildman–Crippen LogP) is 3.88. The average molecular weight is 342 g/mol. The number of ether oxygens (including phenoxy) is 2. The van der Waals surface area contributed by atoms with Crippen LogP contribution in [0.15, 0.2) is 48.5 Å². The molecule has 25 heavy (non-hydrogen) atoms. The van der Waals surface area contributed by atoms with Crippen molar-refractivity contribution in [1.82, 2.24) is 0 Å². The molecule has 0 radical (unpaired) electrons. The number of carbonyl (C=O) groups excluding carboxylic acids is 2. The van der Waals surface area contributed by atoms with Crippen LogP contribution >= 0.6 is 0 Å². The molecule has 0 atom stereocenters. The first kappa shape index (κ1) is 17.1. The van der Waals surface area contributed by atoms with Crippen molar-refractivity contribution in [2.45, 2.75) is 25.6 Å². The standard InChI is InChI=1S/C19H18O6/c1-2-3-12-23-18(21)24-19(25-22)15-10-6-4-8-13(15)17(20)14-9-5-7-11-16(14)19/h4-11,22H,2-3,12H2,1H3. The van der Waals surface area contributed by atoms with Crippen LogP contribution in [0.4, 0.5) is 4.79 Å². The Kier molecular flexibility index (Phi) is 4.83. The summed E-state index contributed by atoms with van der Waals surface area (Å²) in [4.78, 5) is 29.5. The van der Waals surface area contributed by atoms with Crippen molar-refractivity contribution >= 4 is 11.9 Å². The van der Waals surface area contributed by atoms with E-state index in [1.807, 2.05) is 6.92 Å². The SMILES string of the molecule is CCCCOC(=O)OC1(OO)c2ccccc2C(=O)c2ccccc21. The van der Waals surface area contributed by atoms with Crippen molar-refractivity contribution in [2.75, 3.05) is 6.61 Å². The van der Waals surface area contributed by atoms with Gasteiger partial charge in [0.2, 0.25) is 0 Å². The lowest BCUT2D eigenvalue weighted by Gasteiger charge is -2.35. The first-order valence-corrected chi connectivity index (χ1v) is 8.06. The van der Waals surface area contributed by atoms with Crippen LogP contribution < -0.4 is 0 Å². The fourth-order valence-electron chi connectivity index (χ4n) is 2.90. The Morgan fingerprint density at radius 1 is 1.04 bits per heavy atom. The van der Waals surface area contributed by atoms with E-state index in [0.29, 0.717) is 6.42 Å². The fraction of sp³-hybridized carbons (Fsp3) is 0.263. The van der Waals surface area contributed by atoms with Crippen molar-refractivity contribution in [3.05, 3.63) is 70.8 Å². The fourth-order valence-corrected chi connectivity index (χ4v) is 2.90. The van der Waals surface area contributed by atoms with Crippen LogP contribution in [0.5, 0.6) is 0 Å². The average Bonchev–Trinajstić information content (AvgIpc) is 2.65. The molecule has 2 aromatic rings. The van der Waals surface area contributed by atoms with E-state index < -0.39 is 11.9 Å². The zero-order valence-electron chi connectivity index (χ0n) is 13.7. The molecule has 0 amide bonds. The summed E-state index contributed by atoms with van der Waals surface area (Å²) in [6.07, 6.45) is 0.560. The maximum atomic E-state index is 12.7. The Labute approximate surface area is 144 Å². The van der Waals surface area contributed by atoms with Gasteiger partial charge in [0, 0.05) is 22.3 Å². The van der Waals surface area contributed by atoms with Gasteiger partial charge in [0.15, 0.2) is 5.78 Å². The minimum atomic E-state index is -1.95. The van der Waals surface area contributed by atoms with E-state index in [9.17, 15) is 14.8 Å². The number of hydrogen-bond donors (Lipinski definition) is 1. The normalized spacial score (nSPS) is 14.4. The Hall–Kier alpha value is -2.70. The number of rotatable bonds is 5. The summed E-state index contributed by atoms with van der Waals surface area (Å²) in [5.41, 5.74) is 1.07. The van der Waals surface area contributed by atoms with Crippen LogP contribution in [0.1, 0.15) is 46.8 Å². The monoisotopic (exact) mass is 342 g/mol. The molecule has 3 rings (SSSR count). The Balaban J connectivity index is 2.07. The molecule has 6 nitrogen and oxygen atoms in total. The largest absolute Gasteiger partial charge is 0.511 e. The summed E-state index contributed by atoms with van der Waals surface area (Å²) in [6, 6.07) is 13.0. The van der Waals surface area contributed by atoms with Crippen molar-refractivity contribution in [3.8, 4) is 0 Å². The summed E-state index contributed by atoms with van der Waals surface area (Å²) in [6.45, 7) is 2.16. The van der Waals surface area contributed by atoms with E-state index in [2.05, 4.69) is 4.89 Å². The second-order valence-electron chi connectivity index (χ2n) is 5.68. The molecule has 0 aromatic heterocycles. The van der Waals surface area contributed by atoms with E-state index in [4.69, 9.17) is 9.47 Å². The maximum absolute atomic E-state index is 12.7. The molecule has 0 fully saturated rings. The molecule has 0 saturated heterocycles. The number of hydrogen-bond acceptors (Lipinski definition) is 6. The second-order valence-corrected chi connectivity index (χ2v) is 5.68. The van der Waals surface area contributed by atoms with Crippen LogP contribution in [0.25, 0.3) is 0 Å². The summed E-state index contributed by atoms with van der Waals surface area (Å²) < 4.78 is 10.4. The minimum absolute atomic E-state index is 0.194. The number of unbranched alkanes of at least 4 members (excludes halogenated alkanes) is 1. The summed E-state index contributed by atoms with van der Waals surface area (Å²) >= 11 is 0. The smallest absolute Gasteiger partial charge is 0.434 e. The van der Waals surface area contributed by atoms with Crippen LogP contribution in [0.2, 0.25) is 0 Å². The topological polar surface area (TPSA) is 82.1 Å². The summed E-state index contributed by atoms with van der Waals surface area (Å²) in [7, 11) is 0. The minimum Gasteiger partial charge on any atom is -0.434 e. The molecule has 1 aliphatic carbocycles. The quantitative estimate of drug-likeness (QED) is 0.292. The zero-order chi connectivity index (χ0) is 17.9. The first-order chi connectivity index (χ1) is 12.1. The third kappa shape index (κ3) is 2.90. The van der Waals surface area contributed by atoms with Gasteiger partial charge in [-0.05, 0) is 6.42 Å². The van der Waals surface area contributed by atoms with Crippen molar-refractivity contribution in [3.63, 3.8) is 0 Å². The van der Waals surface area contributed by atoms with Gasteiger partial charge in [-0.15, -0.1) is 0 Å². The zero-order valence-corrected chi connectivity index (χ0v) is 13.7. The van der Waals surface area contributed by atoms with Gasteiger partial charge in [0.1, 0.15) is 0 Å². The number of carbonyl (C=O) groups is 2. The van der Waals surface area contributed by atoms with E-state index in [1.54, 1.807) is 48.5 Å². The summed E-state index contributed by atoms with van der Waals surface area (Å²) in [5, 5.41) is 9.70. The van der Waals surface area contributed by atoms with E-state index in [-0.39, 0.29) is 34.6 Å². The highest BCUT2D eigenvalue weighted by Crippen LogP contribution is 2.43.